The number of methoxy groups -OCH3 is 1. The van der Waals surface area contributed by atoms with Crippen LogP contribution in [-0.2, 0) is 22.1 Å². The number of aromatic nitrogens is 1. The Bertz CT molecular complexity index is 543. The molecule has 0 radical (unpaired) electrons. The first-order valence-electron chi connectivity index (χ1n) is 5.03. The Balaban J connectivity index is 3.34. The third-order valence-corrected chi connectivity index (χ3v) is 2.85. The second kappa shape index (κ2) is 6.23. The number of halogens is 7. The second-order valence-electron chi connectivity index (χ2n) is 3.58. The average Bonchev–Trinajstić information content (AvgIpc) is 2.29. The molecular weight excluding hydrogens is 423 g/mol. The van der Waals surface area contributed by atoms with Gasteiger partial charge in [-0.25, -0.2) is 4.98 Å². The van der Waals surface area contributed by atoms with Gasteiger partial charge >= 0.3 is 18.5 Å². The molecule has 0 fully saturated rings. The van der Waals surface area contributed by atoms with Crippen molar-refractivity contribution in [1.29, 1.82) is 0 Å². The van der Waals surface area contributed by atoms with Gasteiger partial charge in [0.15, 0.2) is 5.75 Å². The highest BCUT2D eigenvalue weighted by Gasteiger charge is 2.38. The summed E-state index contributed by atoms with van der Waals surface area (Å²) in [6, 6.07) is 0.474. The topological polar surface area (TPSA) is 48.4 Å². The van der Waals surface area contributed by atoms with Crippen LogP contribution in [0.4, 0.5) is 26.3 Å². The van der Waals surface area contributed by atoms with E-state index in [9.17, 15) is 31.1 Å². The molecule has 21 heavy (non-hydrogen) atoms. The summed E-state index contributed by atoms with van der Waals surface area (Å²) < 4.78 is 81.9. The molecule has 1 rings (SSSR count). The molecule has 0 aliphatic carbocycles. The maximum atomic E-state index is 12.8. The minimum atomic E-state index is -5.09. The molecule has 0 saturated heterocycles. The highest BCUT2D eigenvalue weighted by Crippen LogP contribution is 2.35. The Morgan fingerprint density at radius 3 is 2.29 bits per heavy atom. The molecule has 118 valence electrons. The van der Waals surface area contributed by atoms with Gasteiger partial charge in [-0.1, -0.05) is 0 Å². The van der Waals surface area contributed by atoms with Gasteiger partial charge in [0.25, 0.3) is 0 Å². The monoisotopic (exact) mass is 429 g/mol. The molecule has 1 heterocycles. The standard InChI is InChI=1S/C10H6F6INO3/c1-20-6(19)3-4-2-5(21-10(14,15)16)8(17)18-7(4)9(11,12)13/h2H,3H2,1H3. The van der Waals surface area contributed by atoms with Crippen LogP contribution in [0.5, 0.6) is 5.75 Å². The van der Waals surface area contributed by atoms with Gasteiger partial charge < -0.3 is 9.47 Å². The van der Waals surface area contributed by atoms with Crippen molar-refractivity contribution in [3.8, 4) is 5.75 Å². The number of esters is 1. The molecular formula is C10H6F6INO3. The fraction of sp³-hybridized carbons (Fsp3) is 0.400. The summed E-state index contributed by atoms with van der Waals surface area (Å²) in [6.45, 7) is 0. The number of hydrogen-bond donors (Lipinski definition) is 0. The van der Waals surface area contributed by atoms with E-state index in [0.29, 0.717) is 6.07 Å². The van der Waals surface area contributed by atoms with Crippen molar-refractivity contribution in [2.45, 2.75) is 19.0 Å². The fourth-order valence-electron chi connectivity index (χ4n) is 1.32. The maximum Gasteiger partial charge on any atom is 0.573 e. The van der Waals surface area contributed by atoms with E-state index in [0.717, 1.165) is 7.11 Å². The number of carbonyl (C=O) groups excluding carboxylic acids is 1. The first-order valence-corrected chi connectivity index (χ1v) is 6.11. The van der Waals surface area contributed by atoms with Gasteiger partial charge in [-0.2, -0.15) is 13.2 Å². The largest absolute Gasteiger partial charge is 0.573 e. The molecule has 0 saturated carbocycles. The van der Waals surface area contributed by atoms with Crippen LogP contribution in [0.25, 0.3) is 0 Å². The van der Waals surface area contributed by atoms with Gasteiger partial charge in [-0.3, -0.25) is 4.79 Å². The predicted molar refractivity (Wildman–Crippen MR) is 64.4 cm³/mol. The van der Waals surface area contributed by atoms with Crippen molar-refractivity contribution in [2.75, 3.05) is 7.11 Å². The molecule has 0 unspecified atom stereocenters. The van der Waals surface area contributed by atoms with Gasteiger partial charge in [0.05, 0.1) is 13.5 Å². The van der Waals surface area contributed by atoms with E-state index in [4.69, 9.17) is 0 Å². The van der Waals surface area contributed by atoms with Gasteiger partial charge in [0.1, 0.15) is 9.39 Å². The van der Waals surface area contributed by atoms with Crippen molar-refractivity contribution in [3.05, 3.63) is 21.0 Å². The van der Waals surface area contributed by atoms with E-state index >= 15 is 0 Å². The number of nitrogens with zero attached hydrogens (tertiary/aromatic N) is 1. The SMILES string of the molecule is COC(=O)Cc1cc(OC(F)(F)F)c(I)nc1C(F)(F)F. The van der Waals surface area contributed by atoms with E-state index in [1.54, 1.807) is 0 Å². The summed E-state index contributed by atoms with van der Waals surface area (Å²) in [6.07, 6.45) is -10.9. The van der Waals surface area contributed by atoms with E-state index in [1.807, 2.05) is 0 Å². The normalized spacial score (nSPS) is 12.2. The van der Waals surface area contributed by atoms with Crippen molar-refractivity contribution in [2.24, 2.45) is 0 Å². The summed E-state index contributed by atoms with van der Waals surface area (Å²) >= 11 is 1.17. The molecule has 11 heteroatoms. The third-order valence-electron chi connectivity index (χ3n) is 2.08. The minimum Gasteiger partial charge on any atom is -0.469 e. The van der Waals surface area contributed by atoms with E-state index in [2.05, 4.69) is 14.5 Å². The summed E-state index contributed by atoms with van der Waals surface area (Å²) in [5.41, 5.74) is -2.24. The smallest absolute Gasteiger partial charge is 0.469 e. The number of hydrogen-bond acceptors (Lipinski definition) is 4. The average molecular weight is 429 g/mol. The van der Waals surface area contributed by atoms with Crippen LogP contribution in [0, 0.1) is 3.70 Å². The van der Waals surface area contributed by atoms with Crippen LogP contribution in [0.15, 0.2) is 6.07 Å². The van der Waals surface area contributed by atoms with Gasteiger partial charge in [0, 0.05) is 0 Å². The van der Waals surface area contributed by atoms with Gasteiger partial charge in [-0.15, -0.1) is 13.2 Å². The molecule has 0 amide bonds. The summed E-state index contributed by atoms with van der Waals surface area (Å²) in [5.74, 6) is -1.98. The summed E-state index contributed by atoms with van der Waals surface area (Å²) in [5, 5.41) is 0. The van der Waals surface area contributed by atoms with Crippen molar-refractivity contribution in [3.63, 3.8) is 0 Å². The van der Waals surface area contributed by atoms with Crippen LogP contribution in [0.2, 0.25) is 0 Å². The zero-order valence-electron chi connectivity index (χ0n) is 10.1. The Morgan fingerprint density at radius 2 is 1.86 bits per heavy atom. The van der Waals surface area contributed by atoms with Crippen LogP contribution < -0.4 is 4.74 Å². The quantitative estimate of drug-likeness (QED) is 0.320. The Morgan fingerprint density at radius 1 is 1.29 bits per heavy atom. The molecule has 0 aliphatic heterocycles. The lowest BCUT2D eigenvalue weighted by Crippen LogP contribution is -2.21. The molecule has 0 N–H and O–H groups in total. The predicted octanol–water partition coefficient (Wildman–Crippen LogP) is 3.32. The zero-order valence-corrected chi connectivity index (χ0v) is 12.3. The van der Waals surface area contributed by atoms with E-state index in [-0.39, 0.29) is 0 Å². The van der Waals surface area contributed by atoms with Crippen molar-refractivity contribution in [1.82, 2.24) is 4.98 Å². The summed E-state index contributed by atoms with van der Waals surface area (Å²) in [4.78, 5) is 14.1. The number of ether oxygens (including phenoxy) is 2. The Kier molecular flexibility index (Phi) is 5.28. The van der Waals surface area contributed by atoms with Crippen molar-refractivity contribution < 1.29 is 40.6 Å². The molecule has 0 aliphatic rings. The number of rotatable bonds is 3. The fourth-order valence-corrected chi connectivity index (χ4v) is 1.82. The molecule has 0 spiro atoms. The lowest BCUT2D eigenvalue weighted by Gasteiger charge is -2.15. The lowest BCUT2D eigenvalue weighted by atomic mass is 10.1. The van der Waals surface area contributed by atoms with E-state index in [1.165, 1.54) is 22.6 Å². The number of pyridine rings is 1. The zero-order chi connectivity index (χ0) is 16.4. The lowest BCUT2D eigenvalue weighted by molar-refractivity contribution is -0.275. The molecule has 1 aromatic rings. The van der Waals surface area contributed by atoms with Gasteiger partial charge in [-0.05, 0) is 34.2 Å². The molecule has 0 atom stereocenters. The van der Waals surface area contributed by atoms with Crippen LogP contribution in [0.3, 0.4) is 0 Å². The third kappa shape index (κ3) is 5.21. The highest BCUT2D eigenvalue weighted by molar-refractivity contribution is 14.1. The summed E-state index contributed by atoms with van der Waals surface area (Å²) in [7, 11) is 0.933. The first kappa shape index (κ1) is 17.8. The molecule has 0 bridgehead atoms. The van der Waals surface area contributed by atoms with Crippen molar-refractivity contribution >= 4 is 28.6 Å². The van der Waals surface area contributed by atoms with Crippen LogP contribution in [0.1, 0.15) is 11.3 Å². The van der Waals surface area contributed by atoms with E-state index < -0.39 is 45.6 Å². The van der Waals surface area contributed by atoms with Crippen LogP contribution in [-0.4, -0.2) is 24.4 Å². The van der Waals surface area contributed by atoms with Gasteiger partial charge in [0.2, 0.25) is 0 Å². The molecule has 0 aromatic carbocycles. The highest BCUT2D eigenvalue weighted by atomic mass is 127. The Labute approximate surface area is 127 Å². The maximum absolute atomic E-state index is 12.8. The molecule has 4 nitrogen and oxygen atoms in total. The Hall–Kier alpha value is -1.27. The molecule has 1 aromatic heterocycles. The van der Waals surface area contributed by atoms with Crippen LogP contribution >= 0.6 is 22.6 Å². The number of alkyl halides is 6. The second-order valence-corrected chi connectivity index (χ2v) is 4.61. The minimum absolute atomic E-state index is 0.474. The number of carbonyl (C=O) groups is 1. The first-order chi connectivity index (χ1) is 9.44.